The topological polar surface area (TPSA) is 119 Å². The molecule has 1 aromatic carbocycles. The second-order valence-corrected chi connectivity index (χ2v) is 6.01. The monoisotopic (exact) mass is 384 g/mol. The van der Waals surface area contributed by atoms with Gasteiger partial charge in [-0.15, -0.1) is 0 Å². The van der Waals surface area contributed by atoms with Crippen LogP contribution in [0.1, 0.15) is 12.0 Å². The van der Waals surface area contributed by atoms with Gasteiger partial charge in [-0.05, 0) is 17.7 Å². The molecule has 1 fully saturated rings. The zero-order valence-electron chi connectivity index (χ0n) is 15.0. The summed E-state index contributed by atoms with van der Waals surface area (Å²) in [6, 6.07) is 11.5. The third kappa shape index (κ3) is 5.70. The highest BCUT2D eigenvalue weighted by Crippen LogP contribution is 2.10. The number of nitrogens with one attached hydrogen (secondary N) is 3. The van der Waals surface area contributed by atoms with Gasteiger partial charge in [0.1, 0.15) is 25.0 Å². The molecule has 1 aromatic heterocycles. The Kier molecular flexibility index (Phi) is 6.40. The van der Waals surface area contributed by atoms with Gasteiger partial charge in [0.15, 0.2) is 0 Å². The van der Waals surface area contributed by atoms with Crippen LogP contribution in [0.25, 0.3) is 0 Å². The fraction of sp³-hybridized carbons (Fsp3) is 0.263. The van der Waals surface area contributed by atoms with Crippen LogP contribution in [-0.4, -0.2) is 42.1 Å². The van der Waals surface area contributed by atoms with E-state index in [1.54, 1.807) is 18.3 Å². The molecular formula is C19H20N4O5. The van der Waals surface area contributed by atoms with Crippen molar-refractivity contribution in [1.82, 2.24) is 20.9 Å². The van der Waals surface area contributed by atoms with E-state index in [0.717, 1.165) is 11.3 Å². The van der Waals surface area contributed by atoms with Gasteiger partial charge in [0.2, 0.25) is 11.8 Å². The van der Waals surface area contributed by atoms with Gasteiger partial charge < -0.3 is 20.1 Å². The molecule has 3 N–H and O–H groups in total. The molecule has 0 spiro atoms. The summed E-state index contributed by atoms with van der Waals surface area (Å²) in [5.74, 6) is 0.386. The molecule has 0 bridgehead atoms. The number of hydrogen-bond acceptors (Lipinski definition) is 6. The number of benzene rings is 1. The summed E-state index contributed by atoms with van der Waals surface area (Å²) in [6.45, 7) is 1.01. The van der Waals surface area contributed by atoms with Crippen molar-refractivity contribution in [2.24, 2.45) is 0 Å². The minimum absolute atomic E-state index is 0.117. The van der Waals surface area contributed by atoms with Crippen molar-refractivity contribution in [3.63, 3.8) is 0 Å². The maximum absolute atomic E-state index is 11.9. The predicted molar refractivity (Wildman–Crippen MR) is 98.6 cm³/mol. The van der Waals surface area contributed by atoms with E-state index >= 15 is 0 Å². The van der Waals surface area contributed by atoms with Crippen molar-refractivity contribution in [1.29, 1.82) is 0 Å². The van der Waals surface area contributed by atoms with Crippen molar-refractivity contribution in [2.45, 2.75) is 19.0 Å². The van der Waals surface area contributed by atoms with Crippen molar-refractivity contribution in [2.75, 3.05) is 13.2 Å². The number of hydrogen-bond donors (Lipinski definition) is 3. The Labute approximate surface area is 161 Å². The number of amides is 4. The highest BCUT2D eigenvalue weighted by Gasteiger charge is 2.31. The summed E-state index contributed by atoms with van der Waals surface area (Å²) in [4.78, 5) is 38.5. The zero-order chi connectivity index (χ0) is 19.8. The second-order valence-electron chi connectivity index (χ2n) is 6.01. The maximum Gasteiger partial charge on any atom is 0.322 e. The van der Waals surface area contributed by atoms with Crippen LogP contribution in [0.5, 0.6) is 11.6 Å². The van der Waals surface area contributed by atoms with Gasteiger partial charge in [0.25, 0.3) is 5.91 Å². The molecule has 1 atom stereocenters. The molecule has 0 aliphatic carbocycles. The number of para-hydroxylation sites is 1. The van der Waals surface area contributed by atoms with E-state index in [1.807, 2.05) is 30.3 Å². The van der Waals surface area contributed by atoms with E-state index in [4.69, 9.17) is 9.47 Å². The lowest BCUT2D eigenvalue weighted by atomic mass is 10.2. The normalized spacial score (nSPS) is 15.5. The molecule has 0 unspecified atom stereocenters. The van der Waals surface area contributed by atoms with Gasteiger partial charge in [0.05, 0.1) is 6.42 Å². The quantitative estimate of drug-likeness (QED) is 0.434. The summed E-state index contributed by atoms with van der Waals surface area (Å²) in [5.41, 5.74) is 0.779. The molecule has 4 amide bonds. The van der Waals surface area contributed by atoms with E-state index in [9.17, 15) is 14.4 Å². The first-order chi connectivity index (χ1) is 13.6. The Morgan fingerprint density at radius 3 is 2.54 bits per heavy atom. The second kappa shape index (κ2) is 9.36. The lowest BCUT2D eigenvalue weighted by Gasteiger charge is -2.09. The van der Waals surface area contributed by atoms with Gasteiger partial charge in [-0.3, -0.25) is 14.9 Å². The van der Waals surface area contributed by atoms with Crippen LogP contribution < -0.4 is 25.4 Å². The van der Waals surface area contributed by atoms with Crippen LogP contribution in [0.4, 0.5) is 4.79 Å². The van der Waals surface area contributed by atoms with Crippen molar-refractivity contribution in [3.05, 3.63) is 54.2 Å². The molecule has 9 nitrogen and oxygen atoms in total. The number of urea groups is 1. The van der Waals surface area contributed by atoms with Crippen LogP contribution in [0, 0.1) is 0 Å². The first-order valence-corrected chi connectivity index (χ1v) is 8.74. The van der Waals surface area contributed by atoms with E-state index in [1.165, 1.54) is 0 Å². The highest BCUT2D eigenvalue weighted by atomic mass is 16.5. The van der Waals surface area contributed by atoms with Gasteiger partial charge in [-0.1, -0.05) is 24.3 Å². The van der Waals surface area contributed by atoms with Crippen molar-refractivity contribution >= 4 is 17.8 Å². The summed E-state index contributed by atoms with van der Waals surface area (Å²) < 4.78 is 11.0. The predicted octanol–water partition coefficient (Wildman–Crippen LogP) is 0.754. The van der Waals surface area contributed by atoms with Crippen LogP contribution in [-0.2, 0) is 16.1 Å². The molecule has 1 aliphatic rings. The first-order valence-electron chi connectivity index (χ1n) is 8.74. The number of ether oxygens (including phenoxy) is 2. The van der Waals surface area contributed by atoms with E-state index in [2.05, 4.69) is 20.9 Å². The molecule has 0 saturated carbocycles. The van der Waals surface area contributed by atoms with Crippen LogP contribution in [0.2, 0.25) is 0 Å². The minimum atomic E-state index is -0.834. The number of carbonyl (C=O) groups excluding carboxylic acids is 3. The molecule has 1 saturated heterocycles. The Morgan fingerprint density at radius 2 is 1.86 bits per heavy atom. The van der Waals surface area contributed by atoms with E-state index < -0.39 is 18.0 Å². The number of nitrogens with zero attached hydrogens (tertiary/aromatic N) is 1. The molecule has 146 valence electrons. The Balaban J connectivity index is 1.35. The summed E-state index contributed by atoms with van der Waals surface area (Å²) in [5, 5.41) is 7.14. The Morgan fingerprint density at radius 1 is 1.07 bits per heavy atom. The highest BCUT2D eigenvalue weighted by molar-refractivity contribution is 6.05. The van der Waals surface area contributed by atoms with Gasteiger partial charge in [0, 0.05) is 18.8 Å². The molecule has 3 rings (SSSR count). The zero-order valence-corrected chi connectivity index (χ0v) is 15.0. The lowest BCUT2D eigenvalue weighted by Crippen LogP contribution is -2.36. The average molecular weight is 384 g/mol. The summed E-state index contributed by atoms with van der Waals surface area (Å²) >= 11 is 0. The molecular weight excluding hydrogens is 364 g/mol. The van der Waals surface area contributed by atoms with E-state index in [0.29, 0.717) is 19.1 Å². The van der Waals surface area contributed by atoms with Crippen LogP contribution in [0.3, 0.4) is 0 Å². The Hall–Kier alpha value is -3.62. The lowest BCUT2D eigenvalue weighted by molar-refractivity contribution is -0.126. The standard InChI is InChI=1S/C19H20N4O5/c24-16(10-15-18(25)23-19(26)22-15)20-11-13-6-7-17(21-12-13)28-9-8-27-14-4-2-1-3-5-14/h1-7,12,15H,8-11H2,(H,20,24)(H2,22,23,25,26)/t15-/m0/s1. The van der Waals surface area contributed by atoms with Crippen LogP contribution in [0.15, 0.2) is 48.7 Å². The van der Waals surface area contributed by atoms with E-state index in [-0.39, 0.29) is 18.9 Å². The van der Waals surface area contributed by atoms with Gasteiger partial charge in [-0.25, -0.2) is 9.78 Å². The van der Waals surface area contributed by atoms with Crippen molar-refractivity contribution in [3.8, 4) is 11.6 Å². The summed E-state index contributed by atoms with van der Waals surface area (Å²) in [6.07, 6.45) is 1.48. The molecule has 28 heavy (non-hydrogen) atoms. The van der Waals surface area contributed by atoms with Gasteiger partial charge in [-0.2, -0.15) is 0 Å². The van der Waals surface area contributed by atoms with Crippen LogP contribution >= 0.6 is 0 Å². The number of aromatic nitrogens is 1. The fourth-order valence-electron chi connectivity index (χ4n) is 2.48. The number of pyridine rings is 1. The largest absolute Gasteiger partial charge is 0.490 e. The SMILES string of the molecule is O=C(C[C@@H]1NC(=O)NC1=O)NCc1ccc(OCCOc2ccccc2)nc1. The van der Waals surface area contributed by atoms with Gasteiger partial charge >= 0.3 is 6.03 Å². The fourth-order valence-corrected chi connectivity index (χ4v) is 2.48. The third-order valence-corrected chi connectivity index (χ3v) is 3.88. The third-order valence-electron chi connectivity index (χ3n) is 3.88. The molecule has 9 heteroatoms. The molecule has 0 radical (unpaired) electrons. The maximum atomic E-state index is 11.9. The molecule has 2 heterocycles. The number of rotatable bonds is 9. The smallest absolute Gasteiger partial charge is 0.322 e. The summed E-state index contributed by atoms with van der Waals surface area (Å²) in [7, 11) is 0. The number of carbonyl (C=O) groups is 3. The van der Waals surface area contributed by atoms with Crippen molar-refractivity contribution < 1.29 is 23.9 Å². The molecule has 2 aromatic rings. The average Bonchev–Trinajstić information content (AvgIpc) is 3.02. The molecule has 1 aliphatic heterocycles. The Bertz CT molecular complexity index is 826. The number of imide groups is 1. The first kappa shape index (κ1) is 19.2. The minimum Gasteiger partial charge on any atom is -0.490 e.